The zero-order valence-electron chi connectivity index (χ0n) is 13.8. The molecule has 0 saturated carbocycles. The van der Waals surface area contributed by atoms with Crippen LogP contribution in [0.3, 0.4) is 0 Å². The highest BCUT2D eigenvalue weighted by Gasteiger charge is 2.00. The van der Waals surface area contributed by atoms with Crippen molar-refractivity contribution in [2.24, 2.45) is 11.8 Å². The number of benzene rings is 1. The van der Waals surface area contributed by atoms with Crippen LogP contribution in [0.1, 0.15) is 45.6 Å². The van der Waals surface area contributed by atoms with Crippen molar-refractivity contribution >= 4 is 0 Å². The largest absolute Gasteiger partial charge is 0.494 e. The molecule has 0 saturated heterocycles. The molecule has 21 heavy (non-hydrogen) atoms. The van der Waals surface area contributed by atoms with Crippen LogP contribution < -0.4 is 10.1 Å². The highest BCUT2D eigenvalue weighted by Crippen LogP contribution is 2.13. The number of hydrogen-bond acceptors (Lipinski definition) is 3. The number of ether oxygens (including phenoxy) is 1. The van der Waals surface area contributed by atoms with Crippen molar-refractivity contribution in [2.45, 2.75) is 46.6 Å². The van der Waals surface area contributed by atoms with Crippen molar-refractivity contribution in [1.29, 1.82) is 0 Å². The van der Waals surface area contributed by atoms with Crippen LogP contribution in [0, 0.1) is 11.8 Å². The third-order valence-electron chi connectivity index (χ3n) is 3.58. The summed E-state index contributed by atoms with van der Waals surface area (Å²) >= 11 is 0. The third-order valence-corrected chi connectivity index (χ3v) is 3.58. The summed E-state index contributed by atoms with van der Waals surface area (Å²) in [6, 6.07) is 8.33. The van der Waals surface area contributed by atoms with E-state index in [9.17, 15) is 0 Å². The summed E-state index contributed by atoms with van der Waals surface area (Å²) in [5.74, 6) is 2.05. The Balaban J connectivity index is 2.16. The molecule has 120 valence electrons. The van der Waals surface area contributed by atoms with Crippen LogP contribution in [-0.2, 0) is 6.54 Å². The van der Waals surface area contributed by atoms with Gasteiger partial charge < -0.3 is 15.2 Å². The Morgan fingerprint density at radius 3 is 2.43 bits per heavy atom. The van der Waals surface area contributed by atoms with Gasteiger partial charge in [0.05, 0.1) is 6.61 Å². The van der Waals surface area contributed by atoms with Gasteiger partial charge in [0.2, 0.25) is 0 Å². The molecule has 1 atom stereocenters. The molecule has 1 unspecified atom stereocenters. The lowest BCUT2D eigenvalue weighted by molar-refractivity contribution is 0.228. The molecule has 0 bridgehead atoms. The van der Waals surface area contributed by atoms with Crippen molar-refractivity contribution in [3.8, 4) is 5.75 Å². The summed E-state index contributed by atoms with van der Waals surface area (Å²) in [5.41, 5.74) is 1.28. The van der Waals surface area contributed by atoms with Crippen LogP contribution in [0.4, 0.5) is 0 Å². The van der Waals surface area contributed by atoms with Gasteiger partial charge in [0.15, 0.2) is 0 Å². The van der Waals surface area contributed by atoms with Crippen molar-refractivity contribution in [3.05, 3.63) is 29.8 Å². The molecule has 2 N–H and O–H groups in total. The van der Waals surface area contributed by atoms with E-state index >= 15 is 0 Å². The minimum absolute atomic E-state index is 0.290. The van der Waals surface area contributed by atoms with Gasteiger partial charge in [0.1, 0.15) is 5.75 Å². The topological polar surface area (TPSA) is 41.5 Å². The number of hydrogen-bond donors (Lipinski definition) is 2. The van der Waals surface area contributed by atoms with E-state index in [2.05, 4.69) is 38.2 Å². The molecule has 0 aromatic heterocycles. The van der Waals surface area contributed by atoms with E-state index in [1.807, 2.05) is 12.1 Å². The number of rotatable bonds is 11. The van der Waals surface area contributed by atoms with Gasteiger partial charge >= 0.3 is 0 Å². The van der Waals surface area contributed by atoms with Crippen molar-refractivity contribution in [2.75, 3.05) is 19.8 Å². The second-order valence-corrected chi connectivity index (χ2v) is 6.28. The van der Waals surface area contributed by atoms with Crippen LogP contribution in [0.2, 0.25) is 0 Å². The van der Waals surface area contributed by atoms with E-state index < -0.39 is 0 Å². The van der Waals surface area contributed by atoms with Crippen LogP contribution in [-0.4, -0.2) is 24.9 Å². The fourth-order valence-corrected chi connectivity index (χ4v) is 2.02. The molecule has 0 spiro atoms. The zero-order chi connectivity index (χ0) is 15.5. The van der Waals surface area contributed by atoms with E-state index in [1.54, 1.807) is 0 Å². The fourth-order valence-electron chi connectivity index (χ4n) is 2.02. The molecule has 0 amide bonds. The van der Waals surface area contributed by atoms with Gasteiger partial charge in [0.25, 0.3) is 0 Å². The Kier molecular flexibility index (Phi) is 9.11. The molecule has 0 aliphatic carbocycles. The molecule has 3 nitrogen and oxygen atoms in total. The molecule has 3 heteroatoms. The molecular formula is C18H31NO2. The molecule has 1 aromatic carbocycles. The van der Waals surface area contributed by atoms with E-state index in [0.717, 1.165) is 44.7 Å². The van der Waals surface area contributed by atoms with Gasteiger partial charge in [-0.25, -0.2) is 0 Å². The summed E-state index contributed by atoms with van der Waals surface area (Å²) in [5, 5.41) is 12.4. The first-order chi connectivity index (χ1) is 10.1. The highest BCUT2D eigenvalue weighted by atomic mass is 16.5. The first-order valence-corrected chi connectivity index (χ1v) is 8.15. The van der Waals surface area contributed by atoms with Crippen molar-refractivity contribution in [3.63, 3.8) is 0 Å². The Morgan fingerprint density at radius 1 is 1.10 bits per heavy atom. The average molecular weight is 293 g/mol. The van der Waals surface area contributed by atoms with Gasteiger partial charge in [-0.15, -0.1) is 0 Å². The van der Waals surface area contributed by atoms with Gasteiger partial charge in [-0.2, -0.15) is 0 Å². The lowest BCUT2D eigenvalue weighted by atomic mass is 10.1. The molecule has 0 fully saturated rings. The summed E-state index contributed by atoms with van der Waals surface area (Å²) in [7, 11) is 0. The lowest BCUT2D eigenvalue weighted by Gasteiger charge is -2.10. The first kappa shape index (κ1) is 18.0. The van der Waals surface area contributed by atoms with E-state index in [-0.39, 0.29) is 6.61 Å². The Bertz CT molecular complexity index is 362. The Hall–Kier alpha value is -1.06. The highest BCUT2D eigenvalue weighted by molar-refractivity contribution is 5.27. The molecule has 0 aliphatic rings. The first-order valence-electron chi connectivity index (χ1n) is 8.15. The number of nitrogens with one attached hydrogen (secondary N) is 1. The summed E-state index contributed by atoms with van der Waals surface area (Å²) in [6.45, 7) is 9.46. The monoisotopic (exact) mass is 293 g/mol. The van der Waals surface area contributed by atoms with Gasteiger partial charge in [-0.3, -0.25) is 0 Å². The SMILES string of the molecule is CC(C)CCOc1ccc(CNCCCC(C)CO)cc1. The predicted molar refractivity (Wildman–Crippen MR) is 88.6 cm³/mol. The predicted octanol–water partition coefficient (Wildman–Crippen LogP) is 3.61. The second kappa shape index (κ2) is 10.6. The average Bonchev–Trinajstić information content (AvgIpc) is 2.47. The standard InChI is InChI=1S/C18H31NO2/c1-15(2)10-12-21-18-8-6-17(7-9-18)13-19-11-4-5-16(3)14-20/h6-9,15-16,19-20H,4-5,10-14H2,1-3H3. The zero-order valence-corrected chi connectivity index (χ0v) is 13.8. The van der Waals surface area contributed by atoms with Crippen LogP contribution in [0.15, 0.2) is 24.3 Å². The molecule has 0 heterocycles. The number of aliphatic hydroxyl groups is 1. The number of aliphatic hydroxyl groups excluding tert-OH is 1. The quantitative estimate of drug-likeness (QED) is 0.612. The van der Waals surface area contributed by atoms with Crippen LogP contribution in [0.25, 0.3) is 0 Å². The smallest absolute Gasteiger partial charge is 0.119 e. The second-order valence-electron chi connectivity index (χ2n) is 6.28. The van der Waals surface area contributed by atoms with Gasteiger partial charge in [-0.05, 0) is 55.3 Å². The van der Waals surface area contributed by atoms with E-state index in [4.69, 9.17) is 9.84 Å². The summed E-state index contributed by atoms with van der Waals surface area (Å²) in [6.07, 6.45) is 3.28. The molecule has 1 rings (SSSR count). The molecular weight excluding hydrogens is 262 g/mol. The molecule has 0 aliphatic heterocycles. The normalized spacial score (nSPS) is 12.6. The minimum Gasteiger partial charge on any atom is -0.494 e. The Labute approximate surface area is 129 Å². The Morgan fingerprint density at radius 2 is 1.81 bits per heavy atom. The fraction of sp³-hybridized carbons (Fsp3) is 0.667. The van der Waals surface area contributed by atoms with E-state index in [0.29, 0.717) is 11.8 Å². The van der Waals surface area contributed by atoms with Gasteiger partial charge in [0, 0.05) is 13.2 Å². The third kappa shape index (κ3) is 8.74. The summed E-state index contributed by atoms with van der Waals surface area (Å²) < 4.78 is 5.71. The maximum Gasteiger partial charge on any atom is 0.119 e. The maximum absolute atomic E-state index is 8.95. The molecule has 1 aromatic rings. The van der Waals surface area contributed by atoms with Gasteiger partial charge in [-0.1, -0.05) is 32.9 Å². The maximum atomic E-state index is 8.95. The van der Waals surface area contributed by atoms with Crippen molar-refractivity contribution in [1.82, 2.24) is 5.32 Å². The van der Waals surface area contributed by atoms with E-state index in [1.165, 1.54) is 5.56 Å². The molecule has 0 radical (unpaired) electrons. The summed E-state index contributed by atoms with van der Waals surface area (Å²) in [4.78, 5) is 0. The lowest BCUT2D eigenvalue weighted by Crippen LogP contribution is -2.16. The minimum atomic E-state index is 0.290. The van der Waals surface area contributed by atoms with Crippen LogP contribution >= 0.6 is 0 Å². The van der Waals surface area contributed by atoms with Crippen LogP contribution in [0.5, 0.6) is 5.75 Å². The van der Waals surface area contributed by atoms with Crippen molar-refractivity contribution < 1.29 is 9.84 Å².